The van der Waals surface area contributed by atoms with Crippen molar-refractivity contribution in [3.63, 3.8) is 0 Å². The Morgan fingerprint density at radius 3 is 2.52 bits per heavy atom. The molecule has 0 aliphatic carbocycles. The van der Waals surface area contributed by atoms with Crippen LogP contribution in [0.15, 0.2) is 59.4 Å². The van der Waals surface area contributed by atoms with E-state index in [1.807, 2.05) is 30.3 Å². The topological polar surface area (TPSA) is 89.8 Å². The molecule has 0 saturated heterocycles. The van der Waals surface area contributed by atoms with Gasteiger partial charge in [0.05, 0.1) is 11.9 Å². The molecule has 7 nitrogen and oxygen atoms in total. The van der Waals surface area contributed by atoms with E-state index in [0.29, 0.717) is 15.9 Å². The zero-order valence-corrected chi connectivity index (χ0v) is 16.6. The summed E-state index contributed by atoms with van der Waals surface area (Å²) in [6.07, 6.45) is 1.77. The Morgan fingerprint density at radius 2 is 1.76 bits per heavy atom. The van der Waals surface area contributed by atoms with Gasteiger partial charge < -0.3 is 0 Å². The van der Waals surface area contributed by atoms with Crippen LogP contribution in [0.3, 0.4) is 0 Å². The number of benzene rings is 2. The molecule has 2 heterocycles. The monoisotopic (exact) mass is 405 g/mol. The summed E-state index contributed by atoms with van der Waals surface area (Å²) in [6.45, 7) is 2.34. The van der Waals surface area contributed by atoms with Gasteiger partial charge in [0, 0.05) is 11.8 Å². The van der Waals surface area contributed by atoms with Crippen LogP contribution in [0.5, 0.6) is 0 Å². The Bertz CT molecular complexity index is 1220. The van der Waals surface area contributed by atoms with Crippen LogP contribution in [0.4, 0.5) is 5.13 Å². The van der Waals surface area contributed by atoms with E-state index in [1.165, 1.54) is 16.0 Å². The largest absolute Gasteiger partial charge is 0.295 e. The lowest BCUT2D eigenvalue weighted by molar-refractivity contribution is 0.102. The van der Waals surface area contributed by atoms with Crippen LogP contribution in [0.2, 0.25) is 0 Å². The molecule has 0 unspecified atom stereocenters. The maximum Gasteiger partial charge on any atom is 0.278 e. The van der Waals surface area contributed by atoms with Crippen LogP contribution < -0.4 is 10.9 Å². The van der Waals surface area contributed by atoms with Crippen molar-refractivity contribution < 1.29 is 4.79 Å². The van der Waals surface area contributed by atoms with Crippen molar-refractivity contribution in [1.82, 2.24) is 20.0 Å². The first kappa shape index (κ1) is 18.9. The highest BCUT2D eigenvalue weighted by Gasteiger charge is 2.18. The predicted molar refractivity (Wildman–Crippen MR) is 113 cm³/mol. The molecule has 4 rings (SSSR count). The van der Waals surface area contributed by atoms with E-state index in [-0.39, 0.29) is 17.8 Å². The van der Waals surface area contributed by atoms with Gasteiger partial charge in [-0.1, -0.05) is 66.8 Å². The van der Waals surface area contributed by atoms with E-state index in [0.717, 1.165) is 23.4 Å². The SMILES string of the molecule is CCCc1nnc(NC(=O)c2nn(Cc3ccccc3)c(=O)c3ccccc23)s1. The lowest BCUT2D eigenvalue weighted by Gasteiger charge is -2.10. The van der Waals surface area contributed by atoms with E-state index in [2.05, 4.69) is 27.5 Å². The minimum Gasteiger partial charge on any atom is -0.295 e. The van der Waals surface area contributed by atoms with Gasteiger partial charge in [-0.2, -0.15) is 5.10 Å². The normalized spacial score (nSPS) is 10.9. The Morgan fingerprint density at radius 1 is 1.03 bits per heavy atom. The fourth-order valence-electron chi connectivity index (χ4n) is 3.04. The molecule has 2 aromatic carbocycles. The van der Waals surface area contributed by atoms with Crippen LogP contribution in [0, 0.1) is 0 Å². The number of anilines is 1. The molecule has 0 aliphatic rings. The highest BCUT2D eigenvalue weighted by molar-refractivity contribution is 7.15. The number of fused-ring (bicyclic) bond motifs is 1. The number of rotatable bonds is 6. The molecule has 1 amide bonds. The molecule has 29 heavy (non-hydrogen) atoms. The van der Waals surface area contributed by atoms with Crippen molar-refractivity contribution in [3.8, 4) is 0 Å². The predicted octanol–water partition coefficient (Wildman–Crippen LogP) is 3.50. The van der Waals surface area contributed by atoms with Crippen LogP contribution in [0.25, 0.3) is 10.8 Å². The summed E-state index contributed by atoms with van der Waals surface area (Å²) in [4.78, 5) is 25.9. The van der Waals surface area contributed by atoms with Crippen molar-refractivity contribution >= 4 is 33.1 Å². The number of nitrogens with zero attached hydrogens (tertiary/aromatic N) is 4. The van der Waals surface area contributed by atoms with Crippen molar-refractivity contribution in [2.75, 3.05) is 5.32 Å². The summed E-state index contributed by atoms with van der Waals surface area (Å²) < 4.78 is 1.33. The molecule has 0 aliphatic heterocycles. The summed E-state index contributed by atoms with van der Waals surface area (Å²) in [5.41, 5.74) is 0.877. The second-order valence-electron chi connectivity index (χ2n) is 6.55. The first-order valence-electron chi connectivity index (χ1n) is 9.33. The lowest BCUT2D eigenvalue weighted by atomic mass is 10.1. The average Bonchev–Trinajstić information content (AvgIpc) is 3.18. The minimum atomic E-state index is -0.415. The highest BCUT2D eigenvalue weighted by atomic mass is 32.1. The summed E-state index contributed by atoms with van der Waals surface area (Å²) >= 11 is 1.35. The van der Waals surface area contributed by atoms with Gasteiger partial charge in [-0.15, -0.1) is 10.2 Å². The number of carbonyl (C=O) groups is 1. The van der Waals surface area contributed by atoms with Gasteiger partial charge in [-0.3, -0.25) is 14.9 Å². The Balaban J connectivity index is 1.73. The molecular weight excluding hydrogens is 386 g/mol. The quantitative estimate of drug-likeness (QED) is 0.530. The highest BCUT2D eigenvalue weighted by Crippen LogP contribution is 2.19. The van der Waals surface area contributed by atoms with E-state index in [9.17, 15) is 9.59 Å². The van der Waals surface area contributed by atoms with Gasteiger partial charge in [0.1, 0.15) is 5.01 Å². The van der Waals surface area contributed by atoms with Gasteiger partial charge >= 0.3 is 0 Å². The van der Waals surface area contributed by atoms with Gasteiger partial charge in [-0.25, -0.2) is 4.68 Å². The second kappa shape index (κ2) is 8.32. The van der Waals surface area contributed by atoms with Gasteiger partial charge in [-0.05, 0) is 18.1 Å². The van der Waals surface area contributed by atoms with Crippen LogP contribution in [-0.2, 0) is 13.0 Å². The molecule has 4 aromatic rings. The fraction of sp³-hybridized carbons (Fsp3) is 0.190. The molecule has 0 fully saturated rings. The third-order valence-corrected chi connectivity index (χ3v) is 5.31. The van der Waals surface area contributed by atoms with Crippen LogP contribution in [-0.4, -0.2) is 25.9 Å². The first-order valence-corrected chi connectivity index (χ1v) is 10.1. The molecule has 2 aromatic heterocycles. The molecule has 0 atom stereocenters. The van der Waals surface area contributed by atoms with Gasteiger partial charge in [0.15, 0.2) is 5.69 Å². The molecule has 0 radical (unpaired) electrons. The third-order valence-electron chi connectivity index (χ3n) is 4.41. The second-order valence-corrected chi connectivity index (χ2v) is 7.61. The zero-order valence-electron chi connectivity index (χ0n) is 15.8. The fourth-order valence-corrected chi connectivity index (χ4v) is 3.88. The lowest BCUT2D eigenvalue weighted by Crippen LogP contribution is -2.28. The van der Waals surface area contributed by atoms with Crippen molar-refractivity contribution in [2.45, 2.75) is 26.3 Å². The van der Waals surface area contributed by atoms with Crippen molar-refractivity contribution in [2.24, 2.45) is 0 Å². The van der Waals surface area contributed by atoms with Crippen LogP contribution in [0.1, 0.15) is 34.4 Å². The smallest absolute Gasteiger partial charge is 0.278 e. The summed E-state index contributed by atoms with van der Waals surface area (Å²) in [6, 6.07) is 16.5. The van der Waals surface area contributed by atoms with E-state index in [1.54, 1.807) is 24.3 Å². The van der Waals surface area contributed by atoms with Crippen LogP contribution >= 0.6 is 11.3 Å². The maximum atomic E-state index is 13.0. The number of hydrogen-bond donors (Lipinski definition) is 1. The molecule has 0 bridgehead atoms. The third kappa shape index (κ3) is 4.07. The number of aryl methyl sites for hydroxylation is 1. The van der Waals surface area contributed by atoms with Gasteiger partial charge in [0.25, 0.3) is 11.5 Å². The number of hydrogen-bond acceptors (Lipinski definition) is 6. The Labute approximate surface area is 171 Å². The number of nitrogens with one attached hydrogen (secondary N) is 1. The zero-order chi connectivity index (χ0) is 20.2. The van der Waals surface area contributed by atoms with E-state index < -0.39 is 5.91 Å². The molecule has 146 valence electrons. The van der Waals surface area contributed by atoms with Gasteiger partial charge in [0.2, 0.25) is 5.13 Å². The Hall–Kier alpha value is -3.39. The number of carbonyl (C=O) groups excluding carboxylic acids is 1. The summed E-state index contributed by atoms with van der Waals surface area (Å²) in [5, 5.41) is 17.5. The molecule has 0 spiro atoms. The molecule has 8 heteroatoms. The molecule has 0 saturated carbocycles. The molecular formula is C21H19N5O2S. The standard InChI is InChI=1S/C21H19N5O2S/c1-2-8-17-23-24-21(29-17)22-19(27)18-15-11-6-7-12-16(15)20(28)26(25-18)13-14-9-4-3-5-10-14/h3-7,9-12H,2,8,13H2,1H3,(H,22,24,27). The summed E-state index contributed by atoms with van der Waals surface area (Å²) in [7, 11) is 0. The van der Waals surface area contributed by atoms with Crippen molar-refractivity contribution in [3.05, 3.63) is 81.2 Å². The molecule has 1 N–H and O–H groups in total. The first-order chi connectivity index (χ1) is 14.2. The van der Waals surface area contributed by atoms with E-state index in [4.69, 9.17) is 0 Å². The maximum absolute atomic E-state index is 13.0. The average molecular weight is 405 g/mol. The van der Waals surface area contributed by atoms with Crippen molar-refractivity contribution in [1.29, 1.82) is 0 Å². The Kier molecular flexibility index (Phi) is 5.44. The minimum absolute atomic E-state index is 0.184. The number of amides is 1. The summed E-state index contributed by atoms with van der Waals surface area (Å²) in [5.74, 6) is -0.415. The van der Waals surface area contributed by atoms with E-state index >= 15 is 0 Å². The number of aromatic nitrogens is 4.